The number of carbonyl (C=O) groups is 1. The van der Waals surface area contributed by atoms with Gasteiger partial charge in [-0.05, 0) is 31.4 Å². The third kappa shape index (κ3) is 5.64. The summed E-state index contributed by atoms with van der Waals surface area (Å²) >= 11 is 1.45. The van der Waals surface area contributed by atoms with Crippen LogP contribution in [-0.4, -0.2) is 17.4 Å². The van der Waals surface area contributed by atoms with Crippen molar-refractivity contribution in [3.63, 3.8) is 0 Å². The monoisotopic (exact) mass is 345 g/mol. The van der Waals surface area contributed by atoms with E-state index in [1.54, 1.807) is 5.38 Å². The minimum absolute atomic E-state index is 0.0850. The minimum Gasteiger partial charge on any atom is -0.350 e. The number of thiazole rings is 1. The first-order valence-corrected chi connectivity index (χ1v) is 9.57. The highest BCUT2D eigenvalue weighted by Gasteiger charge is 2.13. The van der Waals surface area contributed by atoms with Gasteiger partial charge >= 0.3 is 0 Å². The van der Waals surface area contributed by atoms with E-state index in [1.807, 2.05) is 24.3 Å². The van der Waals surface area contributed by atoms with Gasteiger partial charge in [-0.2, -0.15) is 0 Å². The van der Waals surface area contributed by atoms with Crippen LogP contribution < -0.4 is 10.6 Å². The van der Waals surface area contributed by atoms with E-state index in [4.69, 9.17) is 0 Å². The molecule has 1 aromatic carbocycles. The Balaban J connectivity index is 1.87. The van der Waals surface area contributed by atoms with Crippen LogP contribution in [0, 0.1) is 12.8 Å². The SMILES string of the molecule is CCCCC(CC)CNC(=O)c1csc(Nc2ccc(C)cc2)n1. The summed E-state index contributed by atoms with van der Waals surface area (Å²) in [5.74, 6) is 0.468. The Labute approximate surface area is 148 Å². The van der Waals surface area contributed by atoms with E-state index >= 15 is 0 Å². The van der Waals surface area contributed by atoms with Crippen LogP contribution in [0.3, 0.4) is 0 Å². The van der Waals surface area contributed by atoms with E-state index in [-0.39, 0.29) is 5.91 Å². The molecule has 0 aliphatic heterocycles. The molecule has 2 aromatic rings. The van der Waals surface area contributed by atoms with Gasteiger partial charge in [0.05, 0.1) is 0 Å². The van der Waals surface area contributed by atoms with Crippen LogP contribution in [0.25, 0.3) is 0 Å². The minimum atomic E-state index is -0.0850. The molecule has 130 valence electrons. The van der Waals surface area contributed by atoms with Gasteiger partial charge in [0.15, 0.2) is 5.13 Å². The molecule has 0 aliphatic rings. The molecule has 0 spiro atoms. The lowest BCUT2D eigenvalue weighted by Crippen LogP contribution is -2.29. The Hall–Kier alpha value is -1.88. The molecular weight excluding hydrogens is 318 g/mol. The third-order valence-electron chi connectivity index (χ3n) is 4.13. The van der Waals surface area contributed by atoms with Crippen LogP contribution in [0.4, 0.5) is 10.8 Å². The highest BCUT2D eigenvalue weighted by Crippen LogP contribution is 2.21. The molecule has 0 saturated carbocycles. The molecule has 1 amide bonds. The van der Waals surface area contributed by atoms with Crippen molar-refractivity contribution in [2.45, 2.75) is 46.5 Å². The predicted molar refractivity (Wildman–Crippen MR) is 102 cm³/mol. The van der Waals surface area contributed by atoms with Crippen LogP contribution in [0.15, 0.2) is 29.6 Å². The molecule has 0 aliphatic carbocycles. The van der Waals surface area contributed by atoms with Crippen LogP contribution >= 0.6 is 11.3 Å². The molecule has 1 unspecified atom stereocenters. The van der Waals surface area contributed by atoms with E-state index in [0.717, 1.165) is 23.8 Å². The number of anilines is 2. The number of benzene rings is 1. The Morgan fingerprint density at radius 1 is 1.25 bits per heavy atom. The number of nitrogens with zero attached hydrogens (tertiary/aromatic N) is 1. The van der Waals surface area contributed by atoms with E-state index in [2.05, 4.69) is 36.4 Å². The summed E-state index contributed by atoms with van der Waals surface area (Å²) in [4.78, 5) is 16.6. The third-order valence-corrected chi connectivity index (χ3v) is 4.89. The molecule has 0 radical (unpaired) electrons. The zero-order valence-corrected chi connectivity index (χ0v) is 15.6. The average Bonchev–Trinajstić information content (AvgIpc) is 3.05. The van der Waals surface area contributed by atoms with Crippen molar-refractivity contribution in [3.8, 4) is 0 Å². The second kappa shape index (κ2) is 9.42. The van der Waals surface area contributed by atoms with E-state index < -0.39 is 0 Å². The normalized spacial score (nSPS) is 12.0. The second-order valence-electron chi connectivity index (χ2n) is 6.16. The summed E-state index contributed by atoms with van der Waals surface area (Å²) in [6.45, 7) is 7.16. The van der Waals surface area contributed by atoms with Crippen molar-refractivity contribution in [2.24, 2.45) is 5.92 Å². The Kier molecular flexibility index (Phi) is 7.25. The Morgan fingerprint density at radius 2 is 2.00 bits per heavy atom. The number of rotatable bonds is 9. The standard InChI is InChI=1S/C19H27N3OS/c1-4-6-7-15(5-2)12-20-18(23)17-13-24-19(22-17)21-16-10-8-14(3)9-11-16/h8-11,13,15H,4-7,12H2,1-3H3,(H,20,23)(H,21,22). The van der Waals surface area contributed by atoms with Gasteiger partial charge in [0.1, 0.15) is 5.69 Å². The maximum atomic E-state index is 12.3. The molecule has 5 heteroatoms. The number of aryl methyl sites for hydroxylation is 1. The highest BCUT2D eigenvalue weighted by atomic mass is 32.1. The van der Waals surface area contributed by atoms with E-state index in [0.29, 0.717) is 11.6 Å². The molecule has 1 heterocycles. The van der Waals surface area contributed by atoms with Gasteiger partial charge in [-0.3, -0.25) is 4.79 Å². The largest absolute Gasteiger partial charge is 0.350 e. The summed E-state index contributed by atoms with van der Waals surface area (Å²) in [5.41, 5.74) is 2.68. The van der Waals surface area contributed by atoms with Crippen LogP contribution in [0.2, 0.25) is 0 Å². The Morgan fingerprint density at radius 3 is 2.67 bits per heavy atom. The second-order valence-corrected chi connectivity index (χ2v) is 7.01. The quantitative estimate of drug-likeness (QED) is 0.661. The number of carbonyl (C=O) groups excluding carboxylic acids is 1. The molecule has 0 bridgehead atoms. The first-order chi connectivity index (χ1) is 11.6. The topological polar surface area (TPSA) is 54.0 Å². The lowest BCUT2D eigenvalue weighted by Gasteiger charge is -2.14. The smallest absolute Gasteiger partial charge is 0.270 e. The zero-order chi connectivity index (χ0) is 17.4. The molecular formula is C19H27N3OS. The number of unbranched alkanes of at least 4 members (excludes halogenated alkanes) is 1. The molecule has 4 nitrogen and oxygen atoms in total. The lowest BCUT2D eigenvalue weighted by atomic mass is 9.99. The maximum Gasteiger partial charge on any atom is 0.270 e. The molecule has 0 fully saturated rings. The first-order valence-electron chi connectivity index (χ1n) is 8.69. The number of hydrogen-bond donors (Lipinski definition) is 2. The molecule has 2 rings (SSSR count). The fraction of sp³-hybridized carbons (Fsp3) is 0.474. The fourth-order valence-electron chi connectivity index (χ4n) is 2.47. The van der Waals surface area contributed by atoms with E-state index in [9.17, 15) is 4.79 Å². The number of hydrogen-bond acceptors (Lipinski definition) is 4. The molecule has 2 N–H and O–H groups in total. The van der Waals surface area contributed by atoms with Gasteiger partial charge in [0.25, 0.3) is 5.91 Å². The summed E-state index contributed by atoms with van der Waals surface area (Å²) in [7, 11) is 0. The molecule has 1 atom stereocenters. The predicted octanol–water partition coefficient (Wildman–Crippen LogP) is 5.14. The first kappa shape index (κ1) is 18.5. The van der Waals surface area contributed by atoms with Gasteiger partial charge in [0.2, 0.25) is 0 Å². The number of aromatic nitrogens is 1. The van der Waals surface area contributed by atoms with Gasteiger partial charge < -0.3 is 10.6 Å². The van der Waals surface area contributed by atoms with E-state index in [1.165, 1.54) is 36.2 Å². The van der Waals surface area contributed by atoms with Crippen molar-refractivity contribution >= 4 is 28.1 Å². The summed E-state index contributed by atoms with van der Waals surface area (Å²) in [6, 6.07) is 8.11. The van der Waals surface area contributed by atoms with Crippen LogP contribution in [0.1, 0.15) is 55.6 Å². The zero-order valence-electron chi connectivity index (χ0n) is 14.8. The molecule has 1 aromatic heterocycles. The maximum absolute atomic E-state index is 12.3. The van der Waals surface area contributed by atoms with Gasteiger partial charge in [-0.25, -0.2) is 4.98 Å². The van der Waals surface area contributed by atoms with Crippen molar-refractivity contribution in [1.29, 1.82) is 0 Å². The van der Waals surface area contributed by atoms with Gasteiger partial charge in [0, 0.05) is 17.6 Å². The Bertz CT molecular complexity index is 636. The van der Waals surface area contributed by atoms with Crippen molar-refractivity contribution in [1.82, 2.24) is 10.3 Å². The summed E-state index contributed by atoms with van der Waals surface area (Å²) < 4.78 is 0. The van der Waals surface area contributed by atoms with Crippen molar-refractivity contribution in [3.05, 3.63) is 40.9 Å². The number of nitrogens with one attached hydrogen (secondary N) is 2. The van der Waals surface area contributed by atoms with Crippen molar-refractivity contribution in [2.75, 3.05) is 11.9 Å². The van der Waals surface area contributed by atoms with Gasteiger partial charge in [-0.1, -0.05) is 50.8 Å². The molecule has 24 heavy (non-hydrogen) atoms. The van der Waals surface area contributed by atoms with Crippen molar-refractivity contribution < 1.29 is 4.79 Å². The number of amides is 1. The van der Waals surface area contributed by atoms with Gasteiger partial charge in [-0.15, -0.1) is 11.3 Å². The lowest BCUT2D eigenvalue weighted by molar-refractivity contribution is 0.0941. The summed E-state index contributed by atoms with van der Waals surface area (Å²) in [6.07, 6.45) is 4.68. The highest BCUT2D eigenvalue weighted by molar-refractivity contribution is 7.14. The van der Waals surface area contributed by atoms with Crippen LogP contribution in [-0.2, 0) is 0 Å². The molecule has 0 saturated heterocycles. The van der Waals surface area contributed by atoms with Crippen LogP contribution in [0.5, 0.6) is 0 Å². The fourth-order valence-corrected chi connectivity index (χ4v) is 3.18. The summed E-state index contributed by atoms with van der Waals surface area (Å²) in [5, 5.41) is 8.80. The average molecular weight is 346 g/mol.